The number of fused-ring (bicyclic) bond motifs is 1. The van der Waals surface area contributed by atoms with Crippen LogP contribution in [0.4, 0.5) is 0 Å². The lowest BCUT2D eigenvalue weighted by atomic mass is 9.79. The van der Waals surface area contributed by atoms with Gasteiger partial charge in [0.15, 0.2) is 11.5 Å². The number of hydrogen-bond donors (Lipinski definition) is 2. The molecule has 3 unspecified atom stereocenters. The molecule has 1 aromatic heterocycles. The van der Waals surface area contributed by atoms with Gasteiger partial charge in [-0.3, -0.25) is 24.2 Å². The van der Waals surface area contributed by atoms with Gasteiger partial charge in [-0.1, -0.05) is 6.07 Å². The summed E-state index contributed by atoms with van der Waals surface area (Å²) < 4.78 is 11.2. The zero-order valence-corrected chi connectivity index (χ0v) is 23.4. The largest absolute Gasteiger partial charge is 0.493 e. The summed E-state index contributed by atoms with van der Waals surface area (Å²) in [5, 5.41) is 5.19. The van der Waals surface area contributed by atoms with Crippen LogP contribution in [-0.2, 0) is 20.8 Å². The Bertz CT molecular complexity index is 1240. The SMILES string of the molecule is CNC(=O)CNC(=O)C1CN(C(=O)Cc2ccccn2)CC2CN(C(=O)c3ccc(OC(C)C)c(OC)c3)CC21. The molecule has 0 spiro atoms. The molecule has 2 aliphatic rings. The lowest BCUT2D eigenvalue weighted by Gasteiger charge is -2.39. The van der Waals surface area contributed by atoms with Crippen LogP contribution in [0.15, 0.2) is 42.6 Å². The van der Waals surface area contributed by atoms with E-state index in [1.165, 1.54) is 14.2 Å². The number of carbonyl (C=O) groups excluding carboxylic acids is 4. The van der Waals surface area contributed by atoms with Crippen molar-refractivity contribution in [3.63, 3.8) is 0 Å². The number of amides is 4. The molecule has 1 aromatic carbocycles. The summed E-state index contributed by atoms with van der Waals surface area (Å²) in [6.45, 7) is 5.09. The fourth-order valence-electron chi connectivity index (χ4n) is 5.41. The van der Waals surface area contributed by atoms with Crippen LogP contribution in [-0.4, -0.2) is 91.4 Å². The number of likely N-dealkylation sites (N-methyl/N-ethyl adjacent to an activating group) is 1. The van der Waals surface area contributed by atoms with Crippen LogP contribution in [0.5, 0.6) is 11.5 Å². The van der Waals surface area contributed by atoms with Gasteiger partial charge in [0.05, 0.1) is 32.1 Å². The van der Waals surface area contributed by atoms with Crippen molar-refractivity contribution in [1.82, 2.24) is 25.4 Å². The number of ether oxygens (including phenoxy) is 2. The minimum absolute atomic E-state index is 0.0491. The molecule has 3 heterocycles. The third-order valence-electron chi connectivity index (χ3n) is 7.39. The summed E-state index contributed by atoms with van der Waals surface area (Å²) in [5.74, 6) is -0.718. The Hall–Kier alpha value is -4.15. The molecule has 3 atom stereocenters. The van der Waals surface area contributed by atoms with Crippen molar-refractivity contribution < 1.29 is 28.7 Å². The highest BCUT2D eigenvalue weighted by Gasteiger charge is 2.47. The van der Waals surface area contributed by atoms with Gasteiger partial charge in [0.25, 0.3) is 5.91 Å². The molecule has 0 aliphatic carbocycles. The number of aromatic nitrogens is 1. The van der Waals surface area contributed by atoms with Gasteiger partial charge in [0, 0.05) is 50.7 Å². The predicted molar refractivity (Wildman–Crippen MR) is 147 cm³/mol. The van der Waals surface area contributed by atoms with E-state index in [9.17, 15) is 19.2 Å². The first-order valence-electron chi connectivity index (χ1n) is 13.5. The van der Waals surface area contributed by atoms with E-state index in [-0.39, 0.29) is 61.1 Å². The molecule has 4 amide bonds. The van der Waals surface area contributed by atoms with Crippen LogP contribution in [0.3, 0.4) is 0 Å². The van der Waals surface area contributed by atoms with Crippen molar-refractivity contribution in [3.05, 3.63) is 53.9 Å². The number of pyridine rings is 1. The summed E-state index contributed by atoms with van der Waals surface area (Å²) in [5.41, 5.74) is 1.10. The van der Waals surface area contributed by atoms with E-state index in [2.05, 4.69) is 15.6 Å². The summed E-state index contributed by atoms with van der Waals surface area (Å²) >= 11 is 0. The van der Waals surface area contributed by atoms with Gasteiger partial charge < -0.3 is 29.9 Å². The number of benzene rings is 1. The van der Waals surface area contributed by atoms with Gasteiger partial charge in [0.1, 0.15) is 0 Å². The fraction of sp³-hybridized carbons (Fsp3) is 0.483. The molecule has 11 heteroatoms. The fourth-order valence-corrected chi connectivity index (χ4v) is 5.41. The molecule has 2 aromatic rings. The molecule has 2 N–H and O–H groups in total. The average molecular weight is 552 g/mol. The van der Waals surface area contributed by atoms with Crippen molar-refractivity contribution in [2.75, 3.05) is 46.9 Å². The highest BCUT2D eigenvalue weighted by Crippen LogP contribution is 2.37. The van der Waals surface area contributed by atoms with E-state index in [0.29, 0.717) is 42.4 Å². The number of carbonyl (C=O) groups is 4. The van der Waals surface area contributed by atoms with Gasteiger partial charge >= 0.3 is 0 Å². The molecule has 4 rings (SSSR count). The Morgan fingerprint density at radius 3 is 2.48 bits per heavy atom. The first kappa shape index (κ1) is 28.8. The number of piperidine rings is 1. The summed E-state index contributed by atoms with van der Waals surface area (Å²) in [4.78, 5) is 59.5. The molecular weight excluding hydrogens is 514 g/mol. The first-order chi connectivity index (χ1) is 19.2. The molecule has 2 saturated heterocycles. The summed E-state index contributed by atoms with van der Waals surface area (Å²) in [6, 6.07) is 10.5. The Kier molecular flexibility index (Phi) is 9.23. The number of likely N-dealkylation sites (tertiary alicyclic amines) is 2. The molecule has 11 nitrogen and oxygen atoms in total. The number of methoxy groups -OCH3 is 1. The Morgan fingerprint density at radius 2 is 1.80 bits per heavy atom. The van der Waals surface area contributed by atoms with Crippen LogP contribution in [0, 0.1) is 17.8 Å². The second-order valence-corrected chi connectivity index (χ2v) is 10.5. The van der Waals surface area contributed by atoms with E-state index in [4.69, 9.17) is 9.47 Å². The summed E-state index contributed by atoms with van der Waals surface area (Å²) in [7, 11) is 3.03. The Morgan fingerprint density at radius 1 is 1.02 bits per heavy atom. The van der Waals surface area contributed by atoms with E-state index >= 15 is 0 Å². The van der Waals surface area contributed by atoms with E-state index in [0.717, 1.165) is 0 Å². The zero-order chi connectivity index (χ0) is 28.8. The minimum atomic E-state index is -0.565. The van der Waals surface area contributed by atoms with Crippen LogP contribution in [0.25, 0.3) is 0 Å². The number of hydrogen-bond acceptors (Lipinski definition) is 7. The van der Waals surface area contributed by atoms with Gasteiger partial charge in [0.2, 0.25) is 17.7 Å². The second kappa shape index (κ2) is 12.8. The van der Waals surface area contributed by atoms with Gasteiger partial charge in [-0.2, -0.15) is 0 Å². The maximum Gasteiger partial charge on any atom is 0.254 e. The lowest BCUT2D eigenvalue weighted by molar-refractivity contribution is -0.139. The van der Waals surface area contributed by atoms with E-state index in [1.54, 1.807) is 46.3 Å². The molecule has 2 fully saturated rings. The molecule has 40 heavy (non-hydrogen) atoms. The highest BCUT2D eigenvalue weighted by molar-refractivity contribution is 5.95. The van der Waals surface area contributed by atoms with Crippen LogP contribution in [0.1, 0.15) is 29.9 Å². The van der Waals surface area contributed by atoms with Crippen LogP contribution < -0.4 is 20.1 Å². The van der Waals surface area contributed by atoms with Crippen molar-refractivity contribution in [3.8, 4) is 11.5 Å². The smallest absolute Gasteiger partial charge is 0.254 e. The predicted octanol–water partition coefficient (Wildman–Crippen LogP) is 1.13. The topological polar surface area (TPSA) is 130 Å². The average Bonchev–Trinajstić information content (AvgIpc) is 3.39. The van der Waals surface area contributed by atoms with Gasteiger partial charge in [-0.15, -0.1) is 0 Å². The maximum atomic E-state index is 13.6. The quantitative estimate of drug-likeness (QED) is 0.478. The van der Waals surface area contributed by atoms with E-state index in [1.807, 2.05) is 19.9 Å². The van der Waals surface area contributed by atoms with Crippen LogP contribution >= 0.6 is 0 Å². The molecule has 0 radical (unpaired) electrons. The van der Waals surface area contributed by atoms with Crippen molar-refractivity contribution >= 4 is 23.6 Å². The van der Waals surface area contributed by atoms with Crippen molar-refractivity contribution in [2.24, 2.45) is 17.8 Å². The number of nitrogens with zero attached hydrogens (tertiary/aromatic N) is 3. The second-order valence-electron chi connectivity index (χ2n) is 10.5. The molecule has 0 saturated carbocycles. The third-order valence-corrected chi connectivity index (χ3v) is 7.39. The monoisotopic (exact) mass is 551 g/mol. The first-order valence-corrected chi connectivity index (χ1v) is 13.5. The number of nitrogens with one attached hydrogen (secondary N) is 2. The molecular formula is C29H37N5O6. The van der Waals surface area contributed by atoms with Gasteiger partial charge in [-0.05, 0) is 56.0 Å². The lowest BCUT2D eigenvalue weighted by Crippen LogP contribution is -2.54. The Balaban J connectivity index is 1.53. The minimum Gasteiger partial charge on any atom is -0.493 e. The standard InChI is InChI=1S/C29H37N5O6/c1-18(2)40-24-9-8-19(11-25(24)39-4)29(38)34-15-20-14-33(27(36)12-21-7-5-6-10-31-21)17-23(22(20)16-34)28(37)32-13-26(35)30-3/h5-11,18,20,22-23H,12-17H2,1-4H3,(H,30,35)(H,32,37). The Labute approximate surface area is 234 Å². The third kappa shape index (κ3) is 6.70. The summed E-state index contributed by atoms with van der Waals surface area (Å²) in [6.07, 6.45) is 1.71. The normalized spacial score (nSPS) is 20.1. The molecule has 214 valence electrons. The molecule has 0 bridgehead atoms. The zero-order valence-electron chi connectivity index (χ0n) is 23.4. The van der Waals surface area contributed by atoms with Crippen molar-refractivity contribution in [1.29, 1.82) is 0 Å². The van der Waals surface area contributed by atoms with Gasteiger partial charge in [-0.25, -0.2) is 0 Å². The van der Waals surface area contributed by atoms with Crippen LogP contribution in [0.2, 0.25) is 0 Å². The van der Waals surface area contributed by atoms with Crippen molar-refractivity contribution in [2.45, 2.75) is 26.4 Å². The number of rotatable bonds is 9. The maximum absolute atomic E-state index is 13.6. The highest BCUT2D eigenvalue weighted by atomic mass is 16.5. The molecule has 2 aliphatic heterocycles. The van der Waals surface area contributed by atoms with E-state index < -0.39 is 5.92 Å².